The molecular weight excluding hydrogens is 204 g/mol. The summed E-state index contributed by atoms with van der Waals surface area (Å²) in [5.74, 6) is -0.362. The highest BCUT2D eigenvalue weighted by atomic mass is 16.2. The smallest absolute Gasteiger partial charge is 0.263 e. The number of aromatic nitrogens is 1. The highest BCUT2D eigenvalue weighted by molar-refractivity contribution is 6.21. The summed E-state index contributed by atoms with van der Waals surface area (Å²) in [5.41, 5.74) is 0.598. The van der Waals surface area contributed by atoms with Gasteiger partial charge in [-0.25, -0.2) is 0 Å². The Hall–Kier alpha value is -1.58. The summed E-state index contributed by atoms with van der Waals surface area (Å²) in [6, 6.07) is 0. The zero-order valence-electron chi connectivity index (χ0n) is 10.1. The molecule has 0 radical (unpaired) electrons. The molecule has 0 aliphatic carbocycles. The molecule has 2 rings (SSSR count). The number of fused-ring (bicyclic) bond motifs is 1. The minimum absolute atomic E-state index is 0.181. The number of imide groups is 1. The lowest BCUT2D eigenvalue weighted by Gasteiger charge is -2.29. The summed E-state index contributed by atoms with van der Waals surface area (Å²) < 4.78 is 1.86. The van der Waals surface area contributed by atoms with E-state index in [9.17, 15) is 9.59 Å². The average molecular weight is 220 g/mol. The van der Waals surface area contributed by atoms with E-state index in [0.29, 0.717) is 11.1 Å². The van der Waals surface area contributed by atoms with Crippen LogP contribution in [0.15, 0.2) is 12.4 Å². The van der Waals surface area contributed by atoms with Crippen molar-refractivity contribution in [2.45, 2.75) is 39.8 Å². The van der Waals surface area contributed by atoms with Crippen LogP contribution in [0.25, 0.3) is 0 Å². The summed E-state index contributed by atoms with van der Waals surface area (Å²) in [5, 5.41) is 0. The van der Waals surface area contributed by atoms with Crippen molar-refractivity contribution in [3.05, 3.63) is 23.5 Å². The summed E-state index contributed by atoms with van der Waals surface area (Å²) >= 11 is 0. The third-order valence-electron chi connectivity index (χ3n) is 2.78. The molecule has 4 heteroatoms. The molecule has 1 aromatic rings. The lowest BCUT2D eigenvalue weighted by molar-refractivity contribution is 0.0506. The first-order valence-corrected chi connectivity index (χ1v) is 5.45. The van der Waals surface area contributed by atoms with Crippen LogP contribution in [0, 0.1) is 0 Å². The van der Waals surface area contributed by atoms with Gasteiger partial charge in [0.2, 0.25) is 0 Å². The van der Waals surface area contributed by atoms with E-state index >= 15 is 0 Å². The maximum atomic E-state index is 12.1. The van der Waals surface area contributed by atoms with Crippen molar-refractivity contribution >= 4 is 11.8 Å². The second kappa shape index (κ2) is 3.20. The van der Waals surface area contributed by atoms with Gasteiger partial charge in [-0.15, -0.1) is 0 Å². The standard InChI is InChI=1S/C12H16N2O2/c1-5-13-6-8-9(7-13)11(16)14(10(8)15)12(2,3)4/h6-7H,5H2,1-4H3. The minimum Gasteiger partial charge on any atom is -0.353 e. The molecule has 0 saturated heterocycles. The van der Waals surface area contributed by atoms with Crippen LogP contribution in [0.1, 0.15) is 48.4 Å². The molecular formula is C12H16N2O2. The van der Waals surface area contributed by atoms with E-state index in [2.05, 4.69) is 0 Å². The Bertz CT molecular complexity index is 432. The highest BCUT2D eigenvalue weighted by Crippen LogP contribution is 2.29. The molecule has 1 aliphatic rings. The van der Waals surface area contributed by atoms with Crippen molar-refractivity contribution in [1.29, 1.82) is 0 Å². The first-order chi connectivity index (χ1) is 7.36. The maximum absolute atomic E-state index is 12.1. The summed E-state index contributed by atoms with van der Waals surface area (Å²) in [7, 11) is 0. The molecule has 0 N–H and O–H groups in total. The van der Waals surface area contributed by atoms with Gasteiger partial charge in [0.1, 0.15) is 0 Å². The van der Waals surface area contributed by atoms with E-state index in [4.69, 9.17) is 0 Å². The molecule has 0 saturated carbocycles. The third-order valence-corrected chi connectivity index (χ3v) is 2.78. The van der Waals surface area contributed by atoms with Gasteiger partial charge in [-0.1, -0.05) is 0 Å². The zero-order valence-corrected chi connectivity index (χ0v) is 10.1. The fraction of sp³-hybridized carbons (Fsp3) is 0.500. The zero-order chi connectivity index (χ0) is 12.1. The minimum atomic E-state index is -0.461. The molecule has 2 heterocycles. The van der Waals surface area contributed by atoms with Gasteiger partial charge in [0.25, 0.3) is 11.8 Å². The number of hydrogen-bond acceptors (Lipinski definition) is 2. The fourth-order valence-electron chi connectivity index (χ4n) is 1.97. The van der Waals surface area contributed by atoms with E-state index in [-0.39, 0.29) is 11.8 Å². The van der Waals surface area contributed by atoms with Crippen molar-refractivity contribution in [2.75, 3.05) is 0 Å². The number of aryl methyl sites for hydroxylation is 1. The Labute approximate surface area is 94.8 Å². The van der Waals surface area contributed by atoms with Crippen LogP contribution in [-0.4, -0.2) is 26.8 Å². The van der Waals surface area contributed by atoms with Gasteiger partial charge in [0.15, 0.2) is 0 Å². The number of hydrogen-bond donors (Lipinski definition) is 0. The van der Waals surface area contributed by atoms with Gasteiger partial charge in [-0.3, -0.25) is 14.5 Å². The van der Waals surface area contributed by atoms with Gasteiger partial charge in [0, 0.05) is 24.5 Å². The first-order valence-electron chi connectivity index (χ1n) is 5.45. The normalized spacial score (nSPS) is 15.9. The van der Waals surface area contributed by atoms with Crippen LogP contribution in [0.3, 0.4) is 0 Å². The number of carbonyl (C=O) groups is 2. The molecule has 0 bridgehead atoms. The van der Waals surface area contributed by atoms with Crippen LogP contribution >= 0.6 is 0 Å². The Morgan fingerprint density at radius 3 is 1.81 bits per heavy atom. The predicted molar refractivity (Wildman–Crippen MR) is 60.4 cm³/mol. The van der Waals surface area contributed by atoms with Crippen LogP contribution in [0.2, 0.25) is 0 Å². The molecule has 86 valence electrons. The Morgan fingerprint density at radius 1 is 1.06 bits per heavy atom. The SMILES string of the molecule is CCn1cc2c(c1)C(=O)N(C(C)(C)C)C2=O. The van der Waals surface area contributed by atoms with Gasteiger partial charge < -0.3 is 4.57 Å². The van der Waals surface area contributed by atoms with Gasteiger partial charge in [0.05, 0.1) is 11.1 Å². The van der Waals surface area contributed by atoms with E-state index in [1.165, 1.54) is 4.90 Å². The molecule has 1 aromatic heterocycles. The second-order valence-electron chi connectivity index (χ2n) is 5.03. The number of rotatable bonds is 1. The molecule has 0 spiro atoms. The lowest BCUT2D eigenvalue weighted by Crippen LogP contribution is -2.45. The summed E-state index contributed by atoms with van der Waals surface area (Å²) in [6.45, 7) is 8.34. The first kappa shape index (κ1) is 10.9. The summed E-state index contributed by atoms with van der Waals surface area (Å²) in [4.78, 5) is 25.5. The van der Waals surface area contributed by atoms with Crippen molar-refractivity contribution in [3.63, 3.8) is 0 Å². The Kier molecular flexibility index (Phi) is 2.19. The van der Waals surface area contributed by atoms with E-state index < -0.39 is 5.54 Å². The molecule has 0 fully saturated rings. The third kappa shape index (κ3) is 1.37. The van der Waals surface area contributed by atoms with Gasteiger partial charge in [-0.2, -0.15) is 0 Å². The van der Waals surface area contributed by atoms with Crippen LogP contribution in [0.5, 0.6) is 0 Å². The molecule has 2 amide bonds. The van der Waals surface area contributed by atoms with Crippen molar-refractivity contribution < 1.29 is 9.59 Å². The lowest BCUT2D eigenvalue weighted by atomic mass is 10.1. The number of nitrogens with zero attached hydrogens (tertiary/aromatic N) is 2. The molecule has 4 nitrogen and oxygen atoms in total. The topological polar surface area (TPSA) is 42.3 Å². The van der Waals surface area contributed by atoms with E-state index in [0.717, 1.165) is 6.54 Å². The molecule has 0 unspecified atom stereocenters. The van der Waals surface area contributed by atoms with Gasteiger partial charge in [-0.05, 0) is 27.7 Å². The molecule has 1 aliphatic heterocycles. The molecule has 16 heavy (non-hydrogen) atoms. The van der Waals surface area contributed by atoms with E-state index in [1.54, 1.807) is 12.4 Å². The maximum Gasteiger partial charge on any atom is 0.263 e. The monoisotopic (exact) mass is 220 g/mol. The van der Waals surface area contributed by atoms with Crippen molar-refractivity contribution in [1.82, 2.24) is 9.47 Å². The van der Waals surface area contributed by atoms with Crippen LogP contribution in [0.4, 0.5) is 0 Å². The Balaban J connectivity index is 2.47. The Morgan fingerprint density at radius 2 is 1.50 bits per heavy atom. The largest absolute Gasteiger partial charge is 0.353 e. The fourth-order valence-corrected chi connectivity index (χ4v) is 1.97. The second-order valence-corrected chi connectivity index (χ2v) is 5.03. The summed E-state index contributed by atoms with van der Waals surface area (Å²) in [6.07, 6.45) is 3.50. The van der Waals surface area contributed by atoms with Crippen molar-refractivity contribution in [2.24, 2.45) is 0 Å². The number of carbonyl (C=O) groups excluding carboxylic acids is 2. The van der Waals surface area contributed by atoms with Crippen LogP contribution in [-0.2, 0) is 6.54 Å². The molecule has 0 atom stereocenters. The molecule has 0 aromatic carbocycles. The quantitative estimate of drug-likeness (QED) is 0.678. The predicted octanol–water partition coefficient (Wildman–Crippen LogP) is 1.90. The van der Waals surface area contributed by atoms with Crippen molar-refractivity contribution in [3.8, 4) is 0 Å². The highest BCUT2D eigenvalue weighted by Gasteiger charge is 2.42. The van der Waals surface area contributed by atoms with Gasteiger partial charge >= 0.3 is 0 Å². The average Bonchev–Trinajstić information content (AvgIpc) is 2.66. The van der Waals surface area contributed by atoms with Crippen LogP contribution < -0.4 is 0 Å². The number of amides is 2. The van der Waals surface area contributed by atoms with E-state index in [1.807, 2.05) is 32.3 Å².